The number of nitrogen functional groups attached to an aromatic ring is 1. The van der Waals surface area contributed by atoms with E-state index in [4.69, 9.17) is 20.2 Å². The molecule has 41 heavy (non-hydrogen) atoms. The maximum absolute atomic E-state index is 13.4. The summed E-state index contributed by atoms with van der Waals surface area (Å²) in [6, 6.07) is 20.4. The van der Waals surface area contributed by atoms with E-state index in [9.17, 15) is 13.2 Å². The molecule has 1 aliphatic heterocycles. The number of nitrogens with zero attached hydrogens (tertiary/aromatic N) is 4. The molecule has 1 aliphatic rings. The molecule has 3 N–H and O–H groups in total. The van der Waals surface area contributed by atoms with E-state index in [-0.39, 0.29) is 30.0 Å². The van der Waals surface area contributed by atoms with Crippen LogP contribution in [0.4, 0.5) is 11.6 Å². The molecule has 1 amide bonds. The third-order valence-electron chi connectivity index (χ3n) is 6.25. The molecule has 12 heteroatoms. The van der Waals surface area contributed by atoms with Gasteiger partial charge in [-0.15, -0.1) is 0 Å². The summed E-state index contributed by atoms with van der Waals surface area (Å²) < 4.78 is 39.7. The van der Waals surface area contributed by atoms with E-state index in [1.165, 1.54) is 18.2 Å². The molecule has 4 heterocycles. The van der Waals surface area contributed by atoms with Crippen LogP contribution in [0.5, 0.6) is 11.6 Å². The number of sulfonamides is 1. The molecule has 1 unspecified atom stereocenters. The van der Waals surface area contributed by atoms with Crippen molar-refractivity contribution in [1.82, 2.24) is 19.7 Å². The van der Waals surface area contributed by atoms with E-state index < -0.39 is 15.9 Å². The normalized spacial score (nSPS) is 15.1. The number of amides is 1. The first-order valence-corrected chi connectivity index (χ1v) is 14.6. The Hall–Kier alpha value is -4.71. The smallest absolute Gasteiger partial charge is 0.281 e. The van der Waals surface area contributed by atoms with Gasteiger partial charge in [0.05, 0.1) is 23.9 Å². The number of rotatable bonds is 9. The van der Waals surface area contributed by atoms with Gasteiger partial charge < -0.3 is 20.1 Å². The van der Waals surface area contributed by atoms with Gasteiger partial charge >= 0.3 is 0 Å². The maximum atomic E-state index is 13.4. The van der Waals surface area contributed by atoms with Gasteiger partial charge in [-0.1, -0.05) is 24.3 Å². The molecule has 0 saturated carbocycles. The lowest BCUT2D eigenvalue weighted by Crippen LogP contribution is -2.34. The van der Waals surface area contributed by atoms with E-state index in [1.54, 1.807) is 24.4 Å². The van der Waals surface area contributed by atoms with Crippen LogP contribution in [0, 0.1) is 0 Å². The molecule has 214 valence electrons. The monoisotopic (exact) mass is 576 g/mol. The molecular formula is C29H32N6O5S. The highest BCUT2D eigenvalue weighted by molar-refractivity contribution is 7.90. The fourth-order valence-corrected chi connectivity index (χ4v) is 5.33. The fraction of sp³-hybridized carbons (Fsp3) is 0.241. The number of ether oxygens (including phenoxy) is 2. The van der Waals surface area contributed by atoms with Gasteiger partial charge in [0.1, 0.15) is 23.5 Å². The van der Waals surface area contributed by atoms with Gasteiger partial charge in [0.2, 0.25) is 5.88 Å². The molecule has 0 radical (unpaired) electrons. The third kappa shape index (κ3) is 6.72. The minimum absolute atomic E-state index is 0. The minimum atomic E-state index is -4.28. The van der Waals surface area contributed by atoms with E-state index in [0.717, 1.165) is 5.75 Å². The van der Waals surface area contributed by atoms with Crippen molar-refractivity contribution in [2.24, 2.45) is 0 Å². The first-order valence-electron chi connectivity index (χ1n) is 13.1. The molecule has 1 saturated heterocycles. The van der Waals surface area contributed by atoms with E-state index in [2.05, 4.69) is 14.7 Å². The van der Waals surface area contributed by atoms with Crippen molar-refractivity contribution < 1.29 is 24.1 Å². The zero-order chi connectivity index (χ0) is 29.0. The maximum Gasteiger partial charge on any atom is 0.281 e. The second-order valence-corrected chi connectivity index (χ2v) is 11.4. The molecule has 0 aliphatic carbocycles. The molecule has 1 atom stereocenters. The number of benzene rings is 1. The quantitative estimate of drug-likeness (QED) is 0.300. The van der Waals surface area contributed by atoms with Crippen LogP contribution in [-0.4, -0.2) is 54.6 Å². The summed E-state index contributed by atoms with van der Waals surface area (Å²) in [5, 5.41) is -0.357. The van der Waals surface area contributed by atoms with Crippen molar-refractivity contribution in [1.29, 1.82) is 0 Å². The molecule has 1 fully saturated rings. The Morgan fingerprint density at radius 2 is 1.85 bits per heavy atom. The molecule has 0 bridgehead atoms. The third-order valence-corrected chi connectivity index (χ3v) is 7.48. The molecule has 1 aromatic carbocycles. The van der Waals surface area contributed by atoms with Crippen LogP contribution in [0.1, 0.15) is 32.1 Å². The summed E-state index contributed by atoms with van der Waals surface area (Å²) >= 11 is 0. The average Bonchev–Trinajstić information content (AvgIpc) is 3.41. The van der Waals surface area contributed by atoms with Crippen molar-refractivity contribution in [3.05, 3.63) is 84.6 Å². The number of hydrogen-bond acceptors (Lipinski definition) is 10. The van der Waals surface area contributed by atoms with Gasteiger partial charge in [0.25, 0.3) is 15.9 Å². The van der Waals surface area contributed by atoms with Crippen LogP contribution in [0.3, 0.4) is 0 Å². The summed E-state index contributed by atoms with van der Waals surface area (Å²) in [5.41, 5.74) is 7.01. The number of anilines is 2. The van der Waals surface area contributed by atoms with Crippen molar-refractivity contribution in [3.63, 3.8) is 0 Å². The number of pyridine rings is 3. The fourth-order valence-electron chi connectivity index (χ4n) is 4.39. The number of carbonyl (C=O) groups excluding carboxylic acids is 1. The number of hydrogen-bond donors (Lipinski definition) is 2. The van der Waals surface area contributed by atoms with Crippen LogP contribution >= 0.6 is 0 Å². The number of aromatic nitrogens is 3. The topological polar surface area (TPSA) is 150 Å². The predicted octanol–water partition coefficient (Wildman–Crippen LogP) is 3.93. The molecule has 0 spiro atoms. The van der Waals surface area contributed by atoms with Crippen molar-refractivity contribution in [2.75, 3.05) is 23.7 Å². The molecule has 11 nitrogen and oxygen atoms in total. The summed E-state index contributed by atoms with van der Waals surface area (Å²) in [6.07, 6.45) is 2.17. The lowest BCUT2D eigenvalue weighted by atomic mass is 10.1. The summed E-state index contributed by atoms with van der Waals surface area (Å²) in [6.45, 7) is 4.84. The zero-order valence-corrected chi connectivity index (χ0v) is 23.4. The highest BCUT2D eigenvalue weighted by atomic mass is 32.2. The first kappa shape index (κ1) is 27.8. The van der Waals surface area contributed by atoms with Crippen molar-refractivity contribution in [3.8, 4) is 22.9 Å². The van der Waals surface area contributed by atoms with E-state index >= 15 is 0 Å². The van der Waals surface area contributed by atoms with Gasteiger partial charge in [-0.25, -0.2) is 19.7 Å². The lowest BCUT2D eigenvalue weighted by Gasteiger charge is -2.22. The van der Waals surface area contributed by atoms with Gasteiger partial charge in [-0.2, -0.15) is 8.42 Å². The van der Waals surface area contributed by atoms with Crippen LogP contribution in [0.25, 0.3) is 11.3 Å². The lowest BCUT2D eigenvalue weighted by molar-refractivity contribution is 0.0981. The van der Waals surface area contributed by atoms with E-state index in [1.807, 2.05) is 55.1 Å². The Kier molecular flexibility index (Phi) is 8.02. The highest BCUT2D eigenvalue weighted by Crippen LogP contribution is 2.29. The van der Waals surface area contributed by atoms with Gasteiger partial charge in [0.15, 0.2) is 5.03 Å². The minimum Gasteiger partial charge on any atom is -0.489 e. The second kappa shape index (κ2) is 11.8. The van der Waals surface area contributed by atoms with E-state index in [0.29, 0.717) is 42.5 Å². The number of carbonyl (C=O) groups is 1. The predicted molar refractivity (Wildman–Crippen MR) is 156 cm³/mol. The average molecular weight is 577 g/mol. The summed E-state index contributed by atoms with van der Waals surface area (Å²) in [4.78, 5) is 28.3. The largest absolute Gasteiger partial charge is 0.489 e. The highest BCUT2D eigenvalue weighted by Gasteiger charge is 2.30. The number of para-hydroxylation sites is 1. The summed E-state index contributed by atoms with van der Waals surface area (Å²) in [5.74, 6) is 0.745. The Morgan fingerprint density at radius 3 is 2.56 bits per heavy atom. The Morgan fingerprint density at radius 1 is 1.05 bits per heavy atom. The van der Waals surface area contributed by atoms with Gasteiger partial charge in [-0.05, 0) is 56.3 Å². The van der Waals surface area contributed by atoms with Gasteiger partial charge in [0, 0.05) is 32.2 Å². The van der Waals surface area contributed by atoms with Crippen molar-refractivity contribution >= 4 is 27.6 Å². The second-order valence-electron chi connectivity index (χ2n) is 9.74. The molecule has 3 aromatic heterocycles. The van der Waals surface area contributed by atoms with Crippen LogP contribution in [0.15, 0.2) is 84.0 Å². The Bertz CT molecular complexity index is 1640. The molecule has 5 rings (SSSR count). The summed E-state index contributed by atoms with van der Waals surface area (Å²) in [7, 11) is -4.28. The number of nitrogens with two attached hydrogens (primary N) is 1. The number of nitrogens with one attached hydrogen (secondary N) is 1. The van der Waals surface area contributed by atoms with Crippen LogP contribution in [0.2, 0.25) is 0 Å². The Labute approximate surface area is 239 Å². The molecule has 4 aromatic rings. The van der Waals surface area contributed by atoms with Crippen LogP contribution in [-0.2, 0) is 10.0 Å². The first-order chi connectivity index (χ1) is 19.7. The SMILES string of the molecule is CC(C)Oc1ccc(-c2ccc(C(=O)NS(=O)(=O)c3cccc(N)n3)c(N3CCC(Oc4ccccc4)C3)n2)cn1.[HH]. The standard InChI is InChI=1S/C29H30N6O5S.H2/c1-19(2)39-26-14-11-20(17-31-26)24-13-12-23(29(36)34-41(37,38)27-10-6-9-25(30)33-27)28(32-24)35-16-15-22(18-35)40-21-7-4-3-5-8-21;/h3-14,17,19,22H,15-16,18H2,1-2H3,(H2,30,33)(H,34,36);1H. The van der Waals surface area contributed by atoms with Crippen molar-refractivity contribution in [2.45, 2.75) is 37.5 Å². The Balaban J connectivity index is 0.00000405. The zero-order valence-electron chi connectivity index (χ0n) is 22.6. The van der Waals surface area contributed by atoms with Gasteiger partial charge in [-0.3, -0.25) is 4.79 Å². The van der Waals surface area contributed by atoms with Crippen LogP contribution < -0.4 is 24.8 Å². The molecular weight excluding hydrogens is 544 g/mol.